The molecule has 0 saturated heterocycles. The number of hydrogen-bond acceptors (Lipinski definition) is 4. The number of thiophene rings is 1. The smallest absolute Gasteiger partial charge is 0.261 e. The second-order valence-electron chi connectivity index (χ2n) is 6.05. The molecular weight excluding hydrogens is 308 g/mol. The number of nitrogens with two attached hydrogens (primary N) is 1. The largest absolute Gasteiger partial charge is 0.346 e. The molecule has 2 atom stereocenters. The number of amides is 1. The summed E-state index contributed by atoms with van der Waals surface area (Å²) >= 11 is 1.47. The van der Waals surface area contributed by atoms with Crippen molar-refractivity contribution in [3.05, 3.63) is 52.0 Å². The van der Waals surface area contributed by atoms with Gasteiger partial charge in [-0.25, -0.2) is 0 Å². The molecule has 0 radical (unpaired) electrons. The number of aromatic nitrogens is 2. The van der Waals surface area contributed by atoms with Gasteiger partial charge in [-0.3, -0.25) is 9.48 Å². The minimum atomic E-state index is -0.145. The van der Waals surface area contributed by atoms with Gasteiger partial charge in [0, 0.05) is 12.4 Å². The fourth-order valence-corrected chi connectivity index (χ4v) is 4.35. The van der Waals surface area contributed by atoms with Gasteiger partial charge in [-0.05, 0) is 30.5 Å². The van der Waals surface area contributed by atoms with E-state index in [1.807, 2.05) is 42.9 Å². The summed E-state index contributed by atoms with van der Waals surface area (Å²) in [6.45, 7) is 1.96. The van der Waals surface area contributed by atoms with Crippen molar-refractivity contribution in [3.63, 3.8) is 0 Å². The van der Waals surface area contributed by atoms with Crippen LogP contribution in [0.5, 0.6) is 0 Å². The standard InChI is InChI=1S/C17H18N4OS/c1-9-12-8-14(23-17(12)21(2)20-9)16(22)19-13-7-10-5-3-4-6-11(10)15(13)18/h3-6,8,13,15H,7,18H2,1-2H3,(H,19,22)/t13-,15-/m1/s1. The lowest BCUT2D eigenvalue weighted by molar-refractivity contribution is 0.0937. The van der Waals surface area contributed by atoms with Crippen LogP contribution in [0, 0.1) is 6.92 Å². The van der Waals surface area contributed by atoms with Crippen LogP contribution < -0.4 is 11.1 Å². The number of fused-ring (bicyclic) bond motifs is 2. The van der Waals surface area contributed by atoms with Crippen LogP contribution in [0.4, 0.5) is 0 Å². The van der Waals surface area contributed by atoms with E-state index in [-0.39, 0.29) is 18.0 Å². The van der Waals surface area contributed by atoms with E-state index in [1.54, 1.807) is 0 Å². The number of nitrogens with zero attached hydrogens (tertiary/aromatic N) is 2. The highest BCUT2D eigenvalue weighted by molar-refractivity contribution is 7.20. The molecule has 1 amide bonds. The molecule has 23 heavy (non-hydrogen) atoms. The maximum atomic E-state index is 12.6. The second-order valence-corrected chi connectivity index (χ2v) is 7.08. The quantitative estimate of drug-likeness (QED) is 0.759. The Labute approximate surface area is 138 Å². The van der Waals surface area contributed by atoms with Crippen LogP contribution in [0.2, 0.25) is 0 Å². The molecule has 0 saturated carbocycles. The van der Waals surface area contributed by atoms with E-state index in [1.165, 1.54) is 16.9 Å². The predicted molar refractivity (Wildman–Crippen MR) is 91.7 cm³/mol. The zero-order valence-electron chi connectivity index (χ0n) is 13.0. The molecule has 0 unspecified atom stereocenters. The van der Waals surface area contributed by atoms with E-state index in [2.05, 4.69) is 16.5 Å². The summed E-state index contributed by atoms with van der Waals surface area (Å²) in [5, 5.41) is 8.51. The van der Waals surface area contributed by atoms with E-state index < -0.39 is 0 Å². The normalized spacial score (nSPS) is 20.0. The lowest BCUT2D eigenvalue weighted by Gasteiger charge is -2.17. The summed E-state index contributed by atoms with van der Waals surface area (Å²) in [5.41, 5.74) is 9.60. The van der Waals surface area contributed by atoms with Crippen LogP contribution in [0.25, 0.3) is 10.2 Å². The molecule has 2 heterocycles. The molecule has 6 heteroatoms. The van der Waals surface area contributed by atoms with Gasteiger partial charge in [-0.1, -0.05) is 24.3 Å². The van der Waals surface area contributed by atoms with Crippen molar-refractivity contribution in [3.8, 4) is 0 Å². The first-order chi connectivity index (χ1) is 11.0. The van der Waals surface area contributed by atoms with E-state index in [0.29, 0.717) is 4.88 Å². The number of aryl methyl sites for hydroxylation is 2. The monoisotopic (exact) mass is 326 g/mol. The summed E-state index contributed by atoms with van der Waals surface area (Å²) in [7, 11) is 1.90. The van der Waals surface area contributed by atoms with Crippen LogP contribution in [-0.4, -0.2) is 21.7 Å². The molecule has 4 rings (SSSR count). The number of carbonyl (C=O) groups excluding carboxylic acids is 1. The summed E-state index contributed by atoms with van der Waals surface area (Å²) in [6, 6.07) is 9.85. The highest BCUT2D eigenvalue weighted by Crippen LogP contribution is 2.31. The maximum absolute atomic E-state index is 12.6. The first-order valence-corrected chi connectivity index (χ1v) is 8.43. The maximum Gasteiger partial charge on any atom is 0.261 e. The third-order valence-electron chi connectivity index (χ3n) is 4.52. The highest BCUT2D eigenvalue weighted by atomic mass is 32.1. The van der Waals surface area contributed by atoms with Gasteiger partial charge >= 0.3 is 0 Å². The Hall–Kier alpha value is -2.18. The Bertz CT molecular complexity index is 876. The number of rotatable bonds is 2. The number of benzene rings is 1. The molecule has 1 aromatic carbocycles. The zero-order valence-corrected chi connectivity index (χ0v) is 13.9. The molecule has 3 aromatic rings. The minimum Gasteiger partial charge on any atom is -0.346 e. The zero-order chi connectivity index (χ0) is 16.1. The minimum absolute atomic E-state index is 0.0515. The Morgan fingerprint density at radius 3 is 2.96 bits per heavy atom. The molecule has 0 bridgehead atoms. The van der Waals surface area contributed by atoms with Crippen molar-refractivity contribution < 1.29 is 4.79 Å². The number of carbonyl (C=O) groups is 1. The fourth-order valence-electron chi connectivity index (χ4n) is 3.32. The molecule has 1 aliphatic carbocycles. The van der Waals surface area contributed by atoms with Gasteiger partial charge in [0.25, 0.3) is 5.91 Å². The Balaban J connectivity index is 1.57. The van der Waals surface area contributed by atoms with Crippen molar-refractivity contribution in [2.75, 3.05) is 0 Å². The predicted octanol–water partition coefficient (Wildman–Crippen LogP) is 2.30. The van der Waals surface area contributed by atoms with Crippen LogP contribution in [-0.2, 0) is 13.5 Å². The Morgan fingerprint density at radius 1 is 1.43 bits per heavy atom. The van der Waals surface area contributed by atoms with Gasteiger partial charge in [0.15, 0.2) is 0 Å². The summed E-state index contributed by atoms with van der Waals surface area (Å²) in [5.74, 6) is -0.0566. The van der Waals surface area contributed by atoms with Crippen molar-refractivity contribution in [2.45, 2.75) is 25.4 Å². The molecule has 118 valence electrons. The van der Waals surface area contributed by atoms with Crippen molar-refractivity contribution in [2.24, 2.45) is 12.8 Å². The van der Waals surface area contributed by atoms with Gasteiger partial charge < -0.3 is 11.1 Å². The average molecular weight is 326 g/mol. The fraction of sp³-hybridized carbons (Fsp3) is 0.294. The van der Waals surface area contributed by atoms with E-state index in [0.717, 1.165) is 27.9 Å². The van der Waals surface area contributed by atoms with E-state index in [9.17, 15) is 4.79 Å². The van der Waals surface area contributed by atoms with Crippen molar-refractivity contribution in [1.82, 2.24) is 15.1 Å². The SMILES string of the molecule is Cc1nn(C)c2sc(C(=O)N[C@@H]3Cc4ccccc4[C@H]3N)cc12. The topological polar surface area (TPSA) is 72.9 Å². The first-order valence-electron chi connectivity index (χ1n) is 7.62. The molecule has 3 N–H and O–H groups in total. The third-order valence-corrected chi connectivity index (χ3v) is 5.72. The van der Waals surface area contributed by atoms with Gasteiger partial charge in [-0.15, -0.1) is 11.3 Å². The van der Waals surface area contributed by atoms with E-state index >= 15 is 0 Å². The molecule has 0 spiro atoms. The van der Waals surface area contributed by atoms with Gasteiger partial charge in [0.1, 0.15) is 4.83 Å². The third kappa shape index (κ3) is 2.26. The van der Waals surface area contributed by atoms with Crippen LogP contribution in [0.15, 0.2) is 30.3 Å². The lowest BCUT2D eigenvalue weighted by Crippen LogP contribution is -2.40. The molecule has 0 aliphatic heterocycles. The molecule has 2 aromatic heterocycles. The Morgan fingerprint density at radius 2 is 2.22 bits per heavy atom. The van der Waals surface area contributed by atoms with Gasteiger partial charge in [0.05, 0.1) is 22.7 Å². The summed E-state index contributed by atoms with van der Waals surface area (Å²) in [6.07, 6.45) is 0.786. The molecule has 1 aliphatic rings. The first kappa shape index (κ1) is 14.4. The van der Waals surface area contributed by atoms with Crippen molar-refractivity contribution >= 4 is 27.5 Å². The Kier molecular flexibility index (Phi) is 3.25. The van der Waals surface area contributed by atoms with E-state index in [4.69, 9.17) is 5.73 Å². The highest BCUT2D eigenvalue weighted by Gasteiger charge is 2.31. The number of nitrogens with one attached hydrogen (secondary N) is 1. The summed E-state index contributed by atoms with van der Waals surface area (Å²) in [4.78, 5) is 14.3. The van der Waals surface area contributed by atoms with Gasteiger partial charge in [-0.2, -0.15) is 5.10 Å². The number of hydrogen-bond donors (Lipinski definition) is 2. The molecule has 0 fully saturated rings. The van der Waals surface area contributed by atoms with Gasteiger partial charge in [0.2, 0.25) is 0 Å². The van der Waals surface area contributed by atoms with Crippen molar-refractivity contribution in [1.29, 1.82) is 0 Å². The molecule has 5 nitrogen and oxygen atoms in total. The summed E-state index contributed by atoms with van der Waals surface area (Å²) < 4.78 is 1.82. The second kappa shape index (κ2) is 5.18. The average Bonchev–Trinajstić information content (AvgIpc) is 3.17. The van der Waals surface area contributed by atoms with Crippen LogP contribution in [0.1, 0.15) is 32.5 Å². The van der Waals surface area contributed by atoms with Crippen LogP contribution in [0.3, 0.4) is 0 Å². The van der Waals surface area contributed by atoms with Crippen LogP contribution >= 0.6 is 11.3 Å². The lowest BCUT2D eigenvalue weighted by atomic mass is 10.1. The molecular formula is C17H18N4OS.